The first kappa shape index (κ1) is 13.5. The van der Waals surface area contributed by atoms with Gasteiger partial charge < -0.3 is 15.8 Å². The van der Waals surface area contributed by atoms with Crippen LogP contribution in [0.15, 0.2) is 24.3 Å². The van der Waals surface area contributed by atoms with E-state index in [-0.39, 0.29) is 0 Å². The van der Waals surface area contributed by atoms with Crippen molar-refractivity contribution in [3.63, 3.8) is 0 Å². The highest BCUT2D eigenvalue weighted by molar-refractivity contribution is 5.22. The van der Waals surface area contributed by atoms with Gasteiger partial charge in [0.15, 0.2) is 0 Å². The summed E-state index contributed by atoms with van der Waals surface area (Å²) in [5, 5.41) is 3.53. The molecule has 1 aliphatic heterocycles. The second kappa shape index (κ2) is 6.88. The van der Waals surface area contributed by atoms with Crippen LogP contribution in [0, 0.1) is 5.92 Å². The normalized spacial score (nSPS) is 23.4. The van der Waals surface area contributed by atoms with Gasteiger partial charge in [0.1, 0.15) is 0 Å². The van der Waals surface area contributed by atoms with Crippen LogP contribution in [-0.2, 0) is 17.8 Å². The molecule has 1 aromatic rings. The third kappa shape index (κ3) is 3.55. The summed E-state index contributed by atoms with van der Waals surface area (Å²) in [5.41, 5.74) is 8.09. The molecule has 0 aromatic heterocycles. The number of benzene rings is 1. The molecule has 100 valence electrons. The first-order chi connectivity index (χ1) is 8.83. The maximum Gasteiger partial charge on any atom is 0.0613 e. The Morgan fingerprint density at radius 1 is 1.28 bits per heavy atom. The fraction of sp³-hybridized carbons (Fsp3) is 0.600. The van der Waals surface area contributed by atoms with Gasteiger partial charge in [0, 0.05) is 26.2 Å². The molecule has 18 heavy (non-hydrogen) atoms. The molecular weight excluding hydrogens is 224 g/mol. The van der Waals surface area contributed by atoms with Crippen LogP contribution in [0.4, 0.5) is 0 Å². The number of hydrogen-bond donors (Lipinski definition) is 2. The van der Waals surface area contributed by atoms with Gasteiger partial charge in [0.2, 0.25) is 0 Å². The minimum Gasteiger partial charge on any atom is -0.378 e. The van der Waals surface area contributed by atoms with Crippen LogP contribution in [0.1, 0.15) is 30.9 Å². The van der Waals surface area contributed by atoms with Crippen molar-refractivity contribution < 1.29 is 4.74 Å². The summed E-state index contributed by atoms with van der Waals surface area (Å²) in [6.07, 6.45) is 2.77. The molecule has 1 saturated heterocycles. The molecule has 1 heterocycles. The molecular formula is C15H24N2O. The summed E-state index contributed by atoms with van der Waals surface area (Å²) in [7, 11) is 0. The summed E-state index contributed by atoms with van der Waals surface area (Å²) in [6, 6.07) is 8.50. The number of rotatable bonds is 6. The fourth-order valence-corrected chi connectivity index (χ4v) is 2.57. The Morgan fingerprint density at radius 2 is 2.00 bits per heavy atom. The van der Waals surface area contributed by atoms with Crippen LogP contribution in [-0.4, -0.2) is 19.3 Å². The lowest BCUT2D eigenvalue weighted by Crippen LogP contribution is -2.27. The molecule has 1 aliphatic rings. The number of ether oxygens (including phenoxy) is 1. The van der Waals surface area contributed by atoms with E-state index in [1.807, 2.05) is 0 Å². The molecule has 2 unspecified atom stereocenters. The second-order valence-electron chi connectivity index (χ2n) is 5.02. The van der Waals surface area contributed by atoms with Crippen molar-refractivity contribution in [3.8, 4) is 0 Å². The monoisotopic (exact) mass is 248 g/mol. The van der Waals surface area contributed by atoms with Crippen LogP contribution in [0.5, 0.6) is 0 Å². The van der Waals surface area contributed by atoms with Gasteiger partial charge >= 0.3 is 0 Å². The highest BCUT2D eigenvalue weighted by atomic mass is 16.5. The maximum absolute atomic E-state index is 5.69. The van der Waals surface area contributed by atoms with E-state index in [2.05, 4.69) is 36.5 Å². The van der Waals surface area contributed by atoms with Gasteiger partial charge in [-0.05, 0) is 29.9 Å². The van der Waals surface area contributed by atoms with Gasteiger partial charge in [0.05, 0.1) is 6.10 Å². The molecule has 0 amide bonds. The predicted molar refractivity (Wildman–Crippen MR) is 74.2 cm³/mol. The van der Waals surface area contributed by atoms with Crippen molar-refractivity contribution in [2.45, 2.75) is 39.0 Å². The molecule has 1 fully saturated rings. The first-order valence-corrected chi connectivity index (χ1v) is 6.93. The lowest BCUT2D eigenvalue weighted by molar-refractivity contribution is 0.0872. The van der Waals surface area contributed by atoms with Crippen LogP contribution >= 0.6 is 0 Å². The molecule has 3 heteroatoms. The third-order valence-corrected chi connectivity index (χ3v) is 3.74. The van der Waals surface area contributed by atoms with Gasteiger partial charge in [-0.25, -0.2) is 0 Å². The first-order valence-electron chi connectivity index (χ1n) is 6.93. The van der Waals surface area contributed by atoms with Gasteiger partial charge in [-0.3, -0.25) is 0 Å². The largest absolute Gasteiger partial charge is 0.378 e. The van der Waals surface area contributed by atoms with E-state index < -0.39 is 0 Å². The van der Waals surface area contributed by atoms with Gasteiger partial charge in [-0.15, -0.1) is 0 Å². The minimum absolute atomic E-state index is 0.456. The lowest BCUT2D eigenvalue weighted by Gasteiger charge is -2.17. The van der Waals surface area contributed by atoms with Crippen LogP contribution in [0.2, 0.25) is 0 Å². The Labute approximate surface area is 110 Å². The second-order valence-corrected chi connectivity index (χ2v) is 5.02. The summed E-state index contributed by atoms with van der Waals surface area (Å²) >= 11 is 0. The predicted octanol–water partition coefficient (Wildman–Crippen LogP) is 2.05. The molecule has 2 atom stereocenters. The summed E-state index contributed by atoms with van der Waals surface area (Å²) in [5.74, 6) is 0.679. The fourth-order valence-electron chi connectivity index (χ4n) is 2.57. The molecule has 0 aliphatic carbocycles. The highest BCUT2D eigenvalue weighted by Crippen LogP contribution is 2.22. The smallest absolute Gasteiger partial charge is 0.0613 e. The van der Waals surface area contributed by atoms with E-state index in [4.69, 9.17) is 10.5 Å². The topological polar surface area (TPSA) is 47.3 Å². The van der Waals surface area contributed by atoms with Gasteiger partial charge in [0.25, 0.3) is 0 Å². The zero-order valence-electron chi connectivity index (χ0n) is 11.2. The molecule has 3 N–H and O–H groups in total. The highest BCUT2D eigenvalue weighted by Gasteiger charge is 2.25. The minimum atomic E-state index is 0.456. The van der Waals surface area contributed by atoms with E-state index in [0.29, 0.717) is 18.6 Å². The van der Waals surface area contributed by atoms with E-state index in [1.54, 1.807) is 0 Å². The molecule has 1 aromatic carbocycles. The third-order valence-electron chi connectivity index (χ3n) is 3.74. The van der Waals surface area contributed by atoms with Crippen molar-refractivity contribution in [1.29, 1.82) is 0 Å². The van der Waals surface area contributed by atoms with E-state index in [9.17, 15) is 0 Å². The molecule has 0 bridgehead atoms. The Kier molecular flexibility index (Phi) is 5.17. The number of nitrogens with two attached hydrogens (primary N) is 1. The standard InChI is InChI=1S/C15H24N2O/c1-2-15-14(7-8-18-15)11-17-10-13-5-3-12(9-16)4-6-13/h3-6,14-15,17H,2,7-11,16H2,1H3. The van der Waals surface area contributed by atoms with Crippen LogP contribution in [0.3, 0.4) is 0 Å². The average molecular weight is 248 g/mol. The SMILES string of the molecule is CCC1OCCC1CNCc1ccc(CN)cc1. The summed E-state index contributed by atoms with van der Waals surface area (Å²) < 4.78 is 5.69. The van der Waals surface area contributed by atoms with Crippen molar-refractivity contribution in [2.24, 2.45) is 11.7 Å². The van der Waals surface area contributed by atoms with Crippen LogP contribution < -0.4 is 11.1 Å². The number of nitrogens with one attached hydrogen (secondary N) is 1. The maximum atomic E-state index is 5.69. The Balaban J connectivity index is 1.74. The van der Waals surface area contributed by atoms with E-state index in [0.717, 1.165) is 26.1 Å². The Morgan fingerprint density at radius 3 is 2.67 bits per heavy atom. The zero-order valence-corrected chi connectivity index (χ0v) is 11.2. The average Bonchev–Trinajstić information content (AvgIpc) is 2.87. The number of hydrogen-bond acceptors (Lipinski definition) is 3. The van der Waals surface area contributed by atoms with Crippen molar-refractivity contribution >= 4 is 0 Å². The Hall–Kier alpha value is -0.900. The summed E-state index contributed by atoms with van der Waals surface area (Å²) in [6.45, 7) is 5.73. The van der Waals surface area contributed by atoms with E-state index >= 15 is 0 Å². The molecule has 2 rings (SSSR count). The van der Waals surface area contributed by atoms with Gasteiger partial charge in [-0.1, -0.05) is 31.2 Å². The zero-order chi connectivity index (χ0) is 12.8. The van der Waals surface area contributed by atoms with Crippen molar-refractivity contribution in [2.75, 3.05) is 13.2 Å². The van der Waals surface area contributed by atoms with Gasteiger partial charge in [-0.2, -0.15) is 0 Å². The van der Waals surface area contributed by atoms with Crippen molar-refractivity contribution in [1.82, 2.24) is 5.32 Å². The molecule has 0 saturated carbocycles. The van der Waals surface area contributed by atoms with E-state index in [1.165, 1.54) is 17.5 Å². The Bertz CT molecular complexity index is 350. The summed E-state index contributed by atoms with van der Waals surface area (Å²) in [4.78, 5) is 0. The quantitative estimate of drug-likeness (QED) is 0.810. The lowest BCUT2D eigenvalue weighted by atomic mass is 9.99. The molecule has 0 radical (unpaired) electrons. The molecule has 0 spiro atoms. The van der Waals surface area contributed by atoms with Crippen molar-refractivity contribution in [3.05, 3.63) is 35.4 Å². The van der Waals surface area contributed by atoms with Crippen LogP contribution in [0.25, 0.3) is 0 Å². The molecule has 3 nitrogen and oxygen atoms in total.